The molecule has 1 aliphatic rings. The summed E-state index contributed by atoms with van der Waals surface area (Å²) in [5.41, 5.74) is 3.34. The van der Waals surface area contributed by atoms with Crippen LogP contribution in [0, 0.1) is 10.1 Å². The first kappa shape index (κ1) is 17.7. The molecule has 0 saturated carbocycles. The van der Waals surface area contributed by atoms with Crippen LogP contribution in [0.4, 0.5) is 5.69 Å². The van der Waals surface area contributed by atoms with Gasteiger partial charge in [0.15, 0.2) is 5.78 Å². The van der Waals surface area contributed by atoms with E-state index < -0.39 is 4.92 Å². The minimum Gasteiger partial charge on any atom is -0.289 e. The molecule has 1 aliphatic carbocycles. The highest BCUT2D eigenvalue weighted by Crippen LogP contribution is 2.44. The van der Waals surface area contributed by atoms with Crippen LogP contribution in [0.25, 0.3) is 0 Å². The highest BCUT2D eigenvalue weighted by molar-refractivity contribution is 6.34. The van der Waals surface area contributed by atoms with E-state index in [9.17, 15) is 14.9 Å². The zero-order valence-corrected chi connectivity index (χ0v) is 15.5. The molecule has 0 aromatic heterocycles. The first-order valence-electron chi connectivity index (χ1n) is 8.32. The Morgan fingerprint density at radius 2 is 1.44 bits per heavy atom. The van der Waals surface area contributed by atoms with Gasteiger partial charge in [-0.1, -0.05) is 59.6 Å². The van der Waals surface area contributed by atoms with Crippen molar-refractivity contribution in [1.82, 2.24) is 0 Å². The molecule has 3 aromatic rings. The maximum atomic E-state index is 12.9. The second-order valence-corrected chi connectivity index (χ2v) is 7.23. The van der Waals surface area contributed by atoms with E-state index in [-0.39, 0.29) is 17.4 Å². The van der Waals surface area contributed by atoms with Crippen LogP contribution in [0.2, 0.25) is 10.0 Å². The van der Waals surface area contributed by atoms with Gasteiger partial charge in [-0.25, -0.2) is 0 Å². The lowest BCUT2D eigenvalue weighted by molar-refractivity contribution is -0.384. The molecule has 134 valence electrons. The van der Waals surface area contributed by atoms with Crippen molar-refractivity contribution in [2.24, 2.45) is 0 Å². The summed E-state index contributed by atoms with van der Waals surface area (Å²) in [5.74, 6) is -0.377. The maximum Gasteiger partial charge on any atom is 0.269 e. The van der Waals surface area contributed by atoms with Gasteiger partial charge in [0.1, 0.15) is 0 Å². The fraction of sp³-hybridized carbons (Fsp3) is 0.0952. The van der Waals surface area contributed by atoms with Crippen LogP contribution >= 0.6 is 23.2 Å². The van der Waals surface area contributed by atoms with Crippen molar-refractivity contribution in [1.29, 1.82) is 0 Å². The van der Waals surface area contributed by atoms with Gasteiger partial charge in [-0.3, -0.25) is 14.9 Å². The molecule has 0 unspecified atom stereocenters. The topological polar surface area (TPSA) is 60.2 Å². The van der Waals surface area contributed by atoms with Crippen molar-refractivity contribution >= 4 is 34.7 Å². The number of nitro groups is 1. The van der Waals surface area contributed by atoms with Crippen LogP contribution in [0.3, 0.4) is 0 Å². The number of nitro benzene ring substituents is 1. The quantitative estimate of drug-likeness (QED) is 0.413. The average Bonchev–Trinajstić information content (AvgIpc) is 2.65. The van der Waals surface area contributed by atoms with Crippen molar-refractivity contribution in [2.45, 2.75) is 12.3 Å². The smallest absolute Gasteiger partial charge is 0.269 e. The van der Waals surface area contributed by atoms with E-state index in [1.54, 1.807) is 48.5 Å². The molecule has 0 spiro atoms. The van der Waals surface area contributed by atoms with Gasteiger partial charge in [0.2, 0.25) is 0 Å². The summed E-state index contributed by atoms with van der Waals surface area (Å²) in [4.78, 5) is 23.6. The first-order chi connectivity index (χ1) is 13.0. The second kappa shape index (κ2) is 6.80. The van der Waals surface area contributed by atoms with Gasteiger partial charge < -0.3 is 0 Å². The molecule has 0 atom stereocenters. The number of carbonyl (C=O) groups excluding carboxylic acids is 1. The van der Waals surface area contributed by atoms with Crippen molar-refractivity contribution < 1.29 is 9.72 Å². The molecule has 0 fully saturated rings. The molecule has 6 heteroatoms. The lowest BCUT2D eigenvalue weighted by atomic mass is 9.75. The summed E-state index contributed by atoms with van der Waals surface area (Å²) >= 11 is 12.9. The molecule has 0 aliphatic heterocycles. The van der Waals surface area contributed by atoms with E-state index in [2.05, 4.69) is 0 Å². The highest BCUT2D eigenvalue weighted by Gasteiger charge is 2.34. The van der Waals surface area contributed by atoms with Gasteiger partial charge in [-0.05, 0) is 35.2 Å². The number of ketones is 1. The predicted octanol–water partition coefficient (Wildman–Crippen LogP) is 5.82. The molecule has 27 heavy (non-hydrogen) atoms. The summed E-state index contributed by atoms with van der Waals surface area (Å²) in [7, 11) is 0. The Balaban J connectivity index is 1.90. The van der Waals surface area contributed by atoms with Crippen LogP contribution in [0.1, 0.15) is 38.5 Å². The Bertz CT molecular complexity index is 1040. The number of hydrogen-bond donors (Lipinski definition) is 0. The molecule has 0 heterocycles. The number of halogens is 2. The van der Waals surface area contributed by atoms with Gasteiger partial charge in [-0.2, -0.15) is 0 Å². The minimum absolute atomic E-state index is 0.0261. The van der Waals surface area contributed by atoms with E-state index in [0.29, 0.717) is 27.6 Å². The maximum absolute atomic E-state index is 12.9. The number of hydrogen-bond acceptors (Lipinski definition) is 3. The summed E-state index contributed by atoms with van der Waals surface area (Å²) in [5, 5.41) is 12.1. The fourth-order valence-corrected chi connectivity index (χ4v) is 4.32. The Hall–Kier alpha value is -2.69. The third-order valence-corrected chi connectivity index (χ3v) is 5.51. The number of rotatable bonds is 3. The van der Waals surface area contributed by atoms with Crippen LogP contribution in [-0.4, -0.2) is 10.7 Å². The van der Waals surface area contributed by atoms with Crippen molar-refractivity contribution in [3.8, 4) is 0 Å². The lowest BCUT2D eigenvalue weighted by Crippen LogP contribution is -2.22. The fourth-order valence-electron chi connectivity index (χ4n) is 3.70. The molecule has 4 rings (SSSR count). The minimum atomic E-state index is -0.421. The first-order valence-corrected chi connectivity index (χ1v) is 9.08. The Labute approximate surface area is 165 Å². The molecular formula is C21H13Cl2NO3. The largest absolute Gasteiger partial charge is 0.289 e. The molecule has 4 nitrogen and oxygen atoms in total. The van der Waals surface area contributed by atoms with Crippen molar-refractivity contribution in [3.63, 3.8) is 0 Å². The number of fused-ring (bicyclic) bond motifs is 2. The van der Waals surface area contributed by atoms with Crippen LogP contribution in [-0.2, 0) is 6.42 Å². The Kier molecular flexibility index (Phi) is 4.46. The molecule has 3 aromatic carbocycles. The number of nitrogens with zero attached hydrogens (tertiary/aromatic N) is 1. The average molecular weight is 398 g/mol. The second-order valence-electron chi connectivity index (χ2n) is 6.41. The Morgan fingerprint density at radius 3 is 2.00 bits per heavy atom. The molecule has 0 radical (unpaired) electrons. The van der Waals surface area contributed by atoms with Crippen LogP contribution in [0.15, 0.2) is 60.7 Å². The summed E-state index contributed by atoms with van der Waals surface area (Å²) in [6.07, 6.45) is 0.447. The van der Waals surface area contributed by atoms with E-state index in [4.69, 9.17) is 23.2 Å². The number of benzene rings is 3. The molecule has 0 N–H and O–H groups in total. The SMILES string of the molecule is O=C1c2cccc(Cl)c2C(Cc2cccc([N+](=O)[O-])c2)c2c(Cl)cccc21. The van der Waals surface area contributed by atoms with E-state index in [0.717, 1.165) is 16.7 Å². The number of non-ortho nitro benzene ring substituents is 1. The normalized spacial score (nSPS) is 13.2. The third-order valence-electron chi connectivity index (χ3n) is 4.85. The van der Waals surface area contributed by atoms with Gasteiger partial charge in [0.25, 0.3) is 5.69 Å². The third kappa shape index (κ3) is 3.01. The summed E-state index contributed by atoms with van der Waals surface area (Å²) in [6.45, 7) is 0. The van der Waals surface area contributed by atoms with Gasteiger partial charge >= 0.3 is 0 Å². The predicted molar refractivity (Wildman–Crippen MR) is 105 cm³/mol. The molecule has 0 amide bonds. The highest BCUT2D eigenvalue weighted by atomic mass is 35.5. The van der Waals surface area contributed by atoms with Crippen LogP contribution in [0.5, 0.6) is 0 Å². The number of carbonyl (C=O) groups is 1. The van der Waals surface area contributed by atoms with Crippen molar-refractivity contribution in [3.05, 3.63) is 109 Å². The van der Waals surface area contributed by atoms with Gasteiger partial charge in [-0.15, -0.1) is 0 Å². The van der Waals surface area contributed by atoms with Crippen molar-refractivity contribution in [2.75, 3.05) is 0 Å². The molecular weight excluding hydrogens is 385 g/mol. The van der Waals surface area contributed by atoms with Gasteiger partial charge in [0.05, 0.1) is 4.92 Å². The van der Waals surface area contributed by atoms with E-state index >= 15 is 0 Å². The lowest BCUT2D eigenvalue weighted by Gasteiger charge is -2.29. The standard InChI is InChI=1S/C21H13Cl2NO3/c22-17-8-2-6-14-19(17)16(11-12-4-1-5-13(10-12)24(26)27)20-15(21(14)25)7-3-9-18(20)23/h1-10,16H,11H2. The van der Waals surface area contributed by atoms with E-state index in [1.807, 2.05) is 6.07 Å². The zero-order chi connectivity index (χ0) is 19.1. The molecule has 0 bridgehead atoms. The Morgan fingerprint density at radius 1 is 0.889 bits per heavy atom. The van der Waals surface area contributed by atoms with Gasteiger partial charge in [0, 0.05) is 39.2 Å². The summed E-state index contributed by atoms with van der Waals surface area (Å²) in [6, 6.07) is 17.0. The van der Waals surface area contributed by atoms with E-state index in [1.165, 1.54) is 6.07 Å². The summed E-state index contributed by atoms with van der Waals surface area (Å²) < 4.78 is 0. The molecule has 0 saturated heterocycles. The monoisotopic (exact) mass is 397 g/mol. The zero-order valence-electron chi connectivity index (χ0n) is 14.0. The van der Waals surface area contributed by atoms with Crippen LogP contribution < -0.4 is 0 Å².